The molecule has 1 atom stereocenters. The first kappa shape index (κ1) is 13.3. The summed E-state index contributed by atoms with van der Waals surface area (Å²) < 4.78 is 4.80. The summed E-state index contributed by atoms with van der Waals surface area (Å²) in [7, 11) is 0. The number of aliphatic carboxylic acids is 1. The van der Waals surface area contributed by atoms with E-state index in [-0.39, 0.29) is 11.9 Å². The van der Waals surface area contributed by atoms with E-state index in [0.29, 0.717) is 31.9 Å². The average molecular weight is 268 g/mol. The van der Waals surface area contributed by atoms with E-state index in [9.17, 15) is 9.59 Å². The molecule has 0 radical (unpaired) electrons. The highest BCUT2D eigenvalue weighted by molar-refractivity contribution is 5.76. The van der Waals surface area contributed by atoms with Crippen molar-refractivity contribution in [2.24, 2.45) is 11.8 Å². The van der Waals surface area contributed by atoms with Crippen LogP contribution in [0, 0.1) is 11.8 Å². The van der Waals surface area contributed by atoms with E-state index in [2.05, 4.69) is 15.5 Å². The Hall–Kier alpha value is -2.12. The smallest absolute Gasteiger partial charge is 0.317 e. The van der Waals surface area contributed by atoms with E-state index in [1.54, 1.807) is 11.8 Å². The van der Waals surface area contributed by atoms with Gasteiger partial charge in [-0.1, -0.05) is 12.1 Å². The molecule has 1 aliphatic heterocycles. The van der Waals surface area contributed by atoms with E-state index in [0.717, 1.165) is 0 Å². The van der Waals surface area contributed by atoms with Crippen molar-refractivity contribution in [3.8, 4) is 0 Å². The van der Waals surface area contributed by atoms with Crippen LogP contribution in [0.1, 0.15) is 12.8 Å². The summed E-state index contributed by atoms with van der Waals surface area (Å²) in [5, 5.41) is 15.0. The van der Waals surface area contributed by atoms with Crippen LogP contribution in [0.15, 0.2) is 10.9 Å². The first-order valence-corrected chi connectivity index (χ1v) is 6.09. The summed E-state index contributed by atoms with van der Waals surface area (Å²) >= 11 is 0. The van der Waals surface area contributed by atoms with Crippen LogP contribution in [-0.2, 0) is 11.2 Å². The van der Waals surface area contributed by atoms with Crippen molar-refractivity contribution >= 4 is 12.0 Å². The fourth-order valence-corrected chi connectivity index (χ4v) is 1.89. The van der Waals surface area contributed by atoms with E-state index in [4.69, 9.17) is 9.63 Å². The van der Waals surface area contributed by atoms with Gasteiger partial charge in [-0.25, -0.2) is 4.79 Å². The highest BCUT2D eigenvalue weighted by atomic mass is 16.5. The molecule has 1 saturated heterocycles. The van der Waals surface area contributed by atoms with Crippen LogP contribution in [0.25, 0.3) is 0 Å². The molecule has 2 rings (SSSR count). The van der Waals surface area contributed by atoms with Crippen molar-refractivity contribution in [3.05, 3.63) is 12.2 Å². The van der Waals surface area contributed by atoms with Crippen LogP contribution in [0.4, 0.5) is 4.79 Å². The minimum atomic E-state index is -0.818. The predicted molar refractivity (Wildman–Crippen MR) is 63.3 cm³/mol. The Labute approximate surface area is 109 Å². The van der Waals surface area contributed by atoms with Crippen molar-refractivity contribution < 1.29 is 19.2 Å². The Kier molecular flexibility index (Phi) is 3.98. The third-order valence-corrected chi connectivity index (χ3v) is 3.32. The second-order valence-electron chi connectivity index (χ2n) is 4.61. The molecule has 8 heteroatoms. The summed E-state index contributed by atoms with van der Waals surface area (Å²) in [4.78, 5) is 27.9. The summed E-state index contributed by atoms with van der Waals surface area (Å²) in [5.41, 5.74) is 0. The maximum Gasteiger partial charge on any atom is 0.317 e. The van der Waals surface area contributed by atoms with Crippen molar-refractivity contribution in [2.45, 2.75) is 13.3 Å². The molecule has 0 spiro atoms. The molecule has 2 amide bonds. The van der Waals surface area contributed by atoms with Gasteiger partial charge in [0, 0.05) is 32.0 Å². The van der Waals surface area contributed by atoms with Crippen molar-refractivity contribution in [3.63, 3.8) is 0 Å². The predicted octanol–water partition coefficient (Wildman–Crippen LogP) is -0.0258. The summed E-state index contributed by atoms with van der Waals surface area (Å²) in [6.07, 6.45) is 1.79. The number of urea groups is 1. The van der Waals surface area contributed by atoms with Gasteiger partial charge in [0.15, 0.2) is 6.33 Å². The van der Waals surface area contributed by atoms with Gasteiger partial charge in [0.25, 0.3) is 0 Å². The molecule has 0 aliphatic carbocycles. The maximum atomic E-state index is 11.7. The minimum Gasteiger partial charge on any atom is -0.481 e. The lowest BCUT2D eigenvalue weighted by molar-refractivity contribution is -0.144. The third-order valence-electron chi connectivity index (χ3n) is 3.32. The molecule has 1 aromatic rings. The molecule has 0 saturated carbocycles. The molecule has 19 heavy (non-hydrogen) atoms. The molecule has 0 bridgehead atoms. The van der Waals surface area contributed by atoms with Gasteiger partial charge < -0.3 is 19.8 Å². The van der Waals surface area contributed by atoms with Crippen LogP contribution in [0.5, 0.6) is 0 Å². The number of hydrogen-bond donors (Lipinski definition) is 2. The van der Waals surface area contributed by atoms with Gasteiger partial charge in [-0.15, -0.1) is 0 Å². The number of carbonyl (C=O) groups is 2. The molecule has 0 aromatic carbocycles. The summed E-state index contributed by atoms with van der Waals surface area (Å²) in [6.45, 7) is 3.05. The average Bonchev–Trinajstić information content (AvgIpc) is 2.79. The zero-order valence-corrected chi connectivity index (χ0v) is 10.6. The highest BCUT2D eigenvalue weighted by Crippen LogP contribution is 2.23. The van der Waals surface area contributed by atoms with E-state index in [1.165, 1.54) is 6.33 Å². The van der Waals surface area contributed by atoms with Crippen LogP contribution < -0.4 is 5.32 Å². The number of carboxylic acid groups (broad SMARTS) is 1. The Bertz CT molecular complexity index is 442. The van der Waals surface area contributed by atoms with E-state index < -0.39 is 11.9 Å². The van der Waals surface area contributed by atoms with Gasteiger partial charge in [0.1, 0.15) is 0 Å². The van der Waals surface area contributed by atoms with Gasteiger partial charge in [0.2, 0.25) is 5.89 Å². The molecule has 1 aromatic heterocycles. The minimum absolute atomic E-state index is 0.0409. The normalized spacial score (nSPS) is 16.8. The van der Waals surface area contributed by atoms with Crippen LogP contribution >= 0.6 is 0 Å². The largest absolute Gasteiger partial charge is 0.481 e. The lowest BCUT2D eigenvalue weighted by atomic mass is 9.87. The van der Waals surface area contributed by atoms with Gasteiger partial charge in [-0.3, -0.25) is 4.79 Å². The second-order valence-corrected chi connectivity index (χ2v) is 4.61. The number of aromatic nitrogens is 2. The Morgan fingerprint density at radius 3 is 2.95 bits per heavy atom. The first-order chi connectivity index (χ1) is 9.08. The van der Waals surface area contributed by atoms with E-state index >= 15 is 0 Å². The molecule has 2 heterocycles. The van der Waals surface area contributed by atoms with Gasteiger partial charge in [-0.05, 0) is 0 Å². The zero-order chi connectivity index (χ0) is 13.8. The van der Waals surface area contributed by atoms with Gasteiger partial charge in [0.05, 0.1) is 5.92 Å². The van der Waals surface area contributed by atoms with Crippen molar-refractivity contribution in [2.75, 3.05) is 19.6 Å². The Balaban J connectivity index is 1.65. The topological polar surface area (TPSA) is 109 Å². The number of nitrogens with zero attached hydrogens (tertiary/aromatic N) is 3. The number of amides is 2. The van der Waals surface area contributed by atoms with E-state index in [1.807, 2.05) is 0 Å². The molecule has 1 aliphatic rings. The van der Waals surface area contributed by atoms with Crippen LogP contribution in [0.3, 0.4) is 0 Å². The zero-order valence-electron chi connectivity index (χ0n) is 10.6. The molecule has 104 valence electrons. The fraction of sp³-hybridized carbons (Fsp3) is 0.636. The molecular weight excluding hydrogens is 252 g/mol. The quantitative estimate of drug-likeness (QED) is 0.776. The molecule has 1 unspecified atom stereocenters. The van der Waals surface area contributed by atoms with Crippen LogP contribution in [0.2, 0.25) is 0 Å². The monoisotopic (exact) mass is 268 g/mol. The SMILES string of the molecule is CC(C(=O)O)C1CN(C(=O)NCCc2ncno2)C1. The Morgan fingerprint density at radius 2 is 2.37 bits per heavy atom. The molecule has 1 fully saturated rings. The van der Waals surface area contributed by atoms with Crippen molar-refractivity contribution in [1.82, 2.24) is 20.4 Å². The lowest BCUT2D eigenvalue weighted by Gasteiger charge is -2.41. The van der Waals surface area contributed by atoms with Crippen LogP contribution in [-0.4, -0.2) is 51.8 Å². The number of nitrogens with one attached hydrogen (secondary N) is 1. The number of likely N-dealkylation sites (tertiary alicyclic amines) is 1. The standard InChI is InChI=1S/C11H16N4O4/c1-7(10(16)17)8-4-15(5-8)11(18)12-3-2-9-13-6-14-19-9/h6-8H,2-5H2,1H3,(H,12,18)(H,16,17). The maximum absolute atomic E-state index is 11.7. The Morgan fingerprint density at radius 1 is 1.63 bits per heavy atom. The lowest BCUT2D eigenvalue weighted by Crippen LogP contribution is -2.56. The van der Waals surface area contributed by atoms with Gasteiger partial charge >= 0.3 is 12.0 Å². The highest BCUT2D eigenvalue weighted by Gasteiger charge is 2.36. The second kappa shape index (κ2) is 5.68. The number of rotatable bonds is 5. The van der Waals surface area contributed by atoms with Crippen molar-refractivity contribution in [1.29, 1.82) is 0 Å². The number of carboxylic acids is 1. The first-order valence-electron chi connectivity index (χ1n) is 6.09. The number of hydrogen-bond acceptors (Lipinski definition) is 5. The summed E-state index contributed by atoms with van der Waals surface area (Å²) in [5.74, 6) is -0.718. The summed E-state index contributed by atoms with van der Waals surface area (Å²) in [6, 6.07) is -0.187. The molecule has 8 nitrogen and oxygen atoms in total. The third kappa shape index (κ3) is 3.21. The number of carbonyl (C=O) groups excluding carboxylic acids is 1. The molecular formula is C11H16N4O4. The fourth-order valence-electron chi connectivity index (χ4n) is 1.89. The van der Waals surface area contributed by atoms with Gasteiger partial charge in [-0.2, -0.15) is 4.98 Å². The molecule has 2 N–H and O–H groups in total.